The summed E-state index contributed by atoms with van der Waals surface area (Å²) in [6, 6.07) is 6.49. The van der Waals surface area contributed by atoms with Gasteiger partial charge in [0.2, 0.25) is 7.59 Å². The predicted molar refractivity (Wildman–Crippen MR) is 64.9 cm³/mol. The number of rotatable bonds is 0. The first kappa shape index (κ1) is 28.5. The van der Waals surface area contributed by atoms with E-state index in [1.807, 2.05) is 0 Å². The molecule has 10 heteroatoms. The first-order valence-corrected chi connectivity index (χ1v) is 5.72. The second kappa shape index (κ2) is 11.0. The zero-order chi connectivity index (χ0) is 11.0. The summed E-state index contributed by atoms with van der Waals surface area (Å²) in [5.74, 6) is 0. The minimum absolute atomic E-state index is 0. The van der Waals surface area contributed by atoms with Crippen molar-refractivity contribution in [3.8, 4) is 0 Å². The Morgan fingerprint density at radius 1 is 0.667 bits per heavy atom. The molecule has 18 heavy (non-hydrogen) atoms. The summed E-state index contributed by atoms with van der Waals surface area (Å²) in [6.45, 7) is 0. The van der Waals surface area contributed by atoms with E-state index in [4.69, 9.17) is 69.6 Å². The average molecular weight is 475 g/mol. The molecular formula is C8H4Cl9Fe. The molecule has 0 amide bonds. The Balaban J connectivity index is -0.000000245. The van der Waals surface area contributed by atoms with E-state index in [2.05, 4.69) is 0 Å². The van der Waals surface area contributed by atoms with Gasteiger partial charge >= 0.3 is 17.1 Å². The molecule has 0 spiro atoms. The van der Waals surface area contributed by atoms with Crippen LogP contribution in [0.3, 0.4) is 0 Å². The topological polar surface area (TPSA) is 0 Å². The molecule has 0 atom stereocenters. The molecule has 0 aromatic heterocycles. The fourth-order valence-corrected chi connectivity index (χ4v) is 1.58. The summed E-state index contributed by atoms with van der Waals surface area (Å²) in [5.41, 5.74) is 0.928. The Morgan fingerprint density at radius 3 is 1.17 bits per heavy atom. The molecular weight excluding hydrogens is 471 g/mol. The van der Waals surface area contributed by atoms with E-state index in [0.29, 0.717) is 11.1 Å². The minimum Gasteiger partial charge on any atom is -1.00 e. The summed E-state index contributed by atoms with van der Waals surface area (Å²) < 4.78 is -3.02. The Morgan fingerprint density at radius 2 is 0.944 bits per heavy atom. The molecule has 1 rings (SSSR count). The molecule has 0 aliphatic carbocycles. The molecule has 0 aliphatic heterocycles. The van der Waals surface area contributed by atoms with Crippen LogP contribution in [-0.4, -0.2) is 0 Å². The van der Waals surface area contributed by atoms with Crippen molar-refractivity contribution in [1.82, 2.24) is 0 Å². The maximum atomic E-state index is 5.68. The molecule has 1 radical (unpaired) electrons. The smallest absolute Gasteiger partial charge is 1.00 e. The Hall–Kier alpha value is 2.35. The average Bonchev–Trinajstić information content (AvgIpc) is 2.01. The molecule has 1 aromatic rings. The van der Waals surface area contributed by atoms with Crippen LogP contribution >= 0.6 is 69.6 Å². The third-order valence-corrected chi connectivity index (χ3v) is 2.83. The van der Waals surface area contributed by atoms with Crippen molar-refractivity contribution in [2.45, 2.75) is 7.59 Å². The molecule has 0 fully saturated rings. The molecule has 0 saturated carbocycles. The second-order valence-corrected chi connectivity index (χ2v) is 7.14. The van der Waals surface area contributed by atoms with Crippen molar-refractivity contribution in [2.24, 2.45) is 0 Å². The van der Waals surface area contributed by atoms with E-state index in [-0.39, 0.29) is 54.3 Å². The standard InChI is InChI=1S/C8H4Cl6.3ClH.Fe/c9-7(10,11)5-2-1-3-6(4-5)8(12,13)14;;;;/h1-4H;3*1H;/q;;;;+3/p-3. The molecule has 1 aromatic carbocycles. The van der Waals surface area contributed by atoms with Crippen LogP contribution in [0.5, 0.6) is 0 Å². The van der Waals surface area contributed by atoms with Crippen molar-refractivity contribution >= 4 is 69.6 Å². The molecule has 0 bridgehead atoms. The van der Waals surface area contributed by atoms with Gasteiger partial charge in [0.1, 0.15) is 0 Å². The fourth-order valence-electron chi connectivity index (χ4n) is 0.872. The van der Waals surface area contributed by atoms with E-state index < -0.39 is 7.59 Å². The van der Waals surface area contributed by atoms with Crippen LogP contribution in [0.2, 0.25) is 0 Å². The van der Waals surface area contributed by atoms with Gasteiger partial charge in [-0.2, -0.15) is 0 Å². The Bertz CT molecular complexity index is 301. The van der Waals surface area contributed by atoms with Crippen LogP contribution in [0.4, 0.5) is 0 Å². The summed E-state index contributed by atoms with van der Waals surface area (Å²) in [5, 5.41) is 0. The van der Waals surface area contributed by atoms with Crippen LogP contribution < -0.4 is 37.2 Å². The zero-order valence-corrected chi connectivity index (χ0v) is 16.0. The fraction of sp³-hybridized carbons (Fsp3) is 0.250. The third-order valence-electron chi connectivity index (χ3n) is 1.52. The summed E-state index contributed by atoms with van der Waals surface area (Å²) in [7, 11) is 0. The van der Waals surface area contributed by atoms with Gasteiger partial charge in [-0.3, -0.25) is 0 Å². The first-order chi connectivity index (χ1) is 6.21. The SMILES string of the molecule is ClC(Cl)(Cl)c1cccc(C(Cl)(Cl)Cl)c1.[Cl-].[Cl-].[Cl-].[Fe+3]. The summed E-state index contributed by atoms with van der Waals surface area (Å²) in [4.78, 5) is 0. The molecule has 0 aliphatic rings. The third kappa shape index (κ3) is 9.32. The molecule has 107 valence electrons. The largest absolute Gasteiger partial charge is 3.00 e. The van der Waals surface area contributed by atoms with Crippen LogP contribution in [0.25, 0.3) is 0 Å². The summed E-state index contributed by atoms with van der Waals surface area (Å²) in [6.07, 6.45) is 0. The molecule has 0 N–H and O–H groups in total. The van der Waals surface area contributed by atoms with Crippen LogP contribution in [0.15, 0.2) is 24.3 Å². The van der Waals surface area contributed by atoms with Crippen LogP contribution in [0, 0.1) is 0 Å². The van der Waals surface area contributed by atoms with Gasteiger partial charge < -0.3 is 37.2 Å². The van der Waals surface area contributed by atoms with Crippen LogP contribution in [0.1, 0.15) is 11.1 Å². The maximum Gasteiger partial charge on any atom is 3.00 e. The van der Waals surface area contributed by atoms with Gasteiger partial charge in [-0.1, -0.05) is 87.8 Å². The Labute approximate surface area is 165 Å². The molecule has 0 nitrogen and oxygen atoms in total. The van der Waals surface area contributed by atoms with Gasteiger partial charge in [0.15, 0.2) is 0 Å². The quantitative estimate of drug-likeness (QED) is 0.269. The normalized spacial score (nSPS) is 10.1. The number of alkyl halides is 6. The number of hydrogen-bond donors (Lipinski definition) is 0. The van der Waals surface area contributed by atoms with Crippen molar-refractivity contribution < 1.29 is 54.3 Å². The second-order valence-electron chi connectivity index (χ2n) is 2.58. The first-order valence-electron chi connectivity index (χ1n) is 3.46. The molecule has 0 saturated heterocycles. The minimum atomic E-state index is -1.51. The number of benzene rings is 1. The van der Waals surface area contributed by atoms with Gasteiger partial charge in [-0.15, -0.1) is 0 Å². The number of hydrogen-bond acceptors (Lipinski definition) is 0. The zero-order valence-electron chi connectivity index (χ0n) is 8.06. The van der Waals surface area contributed by atoms with E-state index in [1.165, 1.54) is 0 Å². The van der Waals surface area contributed by atoms with Crippen molar-refractivity contribution in [3.05, 3.63) is 35.4 Å². The van der Waals surface area contributed by atoms with Crippen LogP contribution in [-0.2, 0) is 24.7 Å². The summed E-state index contributed by atoms with van der Waals surface area (Å²) >= 11 is 34.1. The maximum absolute atomic E-state index is 5.68. The van der Waals surface area contributed by atoms with Gasteiger partial charge in [0.25, 0.3) is 0 Å². The van der Waals surface area contributed by atoms with Crippen molar-refractivity contribution in [2.75, 3.05) is 0 Å². The Kier molecular flexibility index (Phi) is 17.4. The van der Waals surface area contributed by atoms with Gasteiger partial charge in [0.05, 0.1) is 0 Å². The van der Waals surface area contributed by atoms with E-state index in [1.54, 1.807) is 24.3 Å². The monoisotopic (exact) mass is 471 g/mol. The molecule has 0 heterocycles. The van der Waals surface area contributed by atoms with Crippen molar-refractivity contribution in [3.63, 3.8) is 0 Å². The van der Waals surface area contributed by atoms with E-state index in [9.17, 15) is 0 Å². The number of halogens is 9. The van der Waals surface area contributed by atoms with Crippen molar-refractivity contribution in [1.29, 1.82) is 0 Å². The van der Waals surface area contributed by atoms with Gasteiger partial charge in [-0.25, -0.2) is 0 Å². The predicted octanol–water partition coefficient (Wildman–Crippen LogP) is -3.65. The van der Waals surface area contributed by atoms with Gasteiger partial charge in [-0.05, 0) is 6.07 Å². The molecule has 0 unspecified atom stereocenters. The van der Waals surface area contributed by atoms with E-state index >= 15 is 0 Å². The van der Waals surface area contributed by atoms with E-state index in [0.717, 1.165) is 0 Å². The van der Waals surface area contributed by atoms with Gasteiger partial charge in [0, 0.05) is 11.1 Å².